The molecule has 0 N–H and O–H groups in total. The van der Waals surface area contributed by atoms with Crippen molar-refractivity contribution >= 4 is 44.9 Å². The summed E-state index contributed by atoms with van der Waals surface area (Å²) in [5.74, 6) is 1.51. The largest absolute Gasteiger partial charge is 0.496 e. The number of imide groups is 1. The number of hydrogen-bond acceptors (Lipinski definition) is 6. The molecule has 1 heterocycles. The topological polar surface area (TPSA) is 65.1 Å². The maximum atomic E-state index is 12.7. The fourth-order valence-electron chi connectivity index (χ4n) is 2.72. The normalized spacial score (nSPS) is 15.2. The van der Waals surface area contributed by atoms with Gasteiger partial charge < -0.3 is 14.2 Å². The fraction of sp³-hybridized carbons (Fsp3) is 0.238. The van der Waals surface area contributed by atoms with E-state index in [0.29, 0.717) is 27.7 Å². The number of thioether (sulfide) groups is 1. The van der Waals surface area contributed by atoms with Crippen LogP contribution in [-0.4, -0.2) is 43.4 Å². The second-order valence-electron chi connectivity index (χ2n) is 6.22. The Morgan fingerprint density at radius 2 is 1.76 bits per heavy atom. The van der Waals surface area contributed by atoms with Gasteiger partial charge in [0, 0.05) is 11.6 Å². The Morgan fingerprint density at radius 1 is 1.07 bits per heavy atom. The fourth-order valence-corrected chi connectivity index (χ4v) is 4.10. The highest BCUT2D eigenvalue weighted by Crippen LogP contribution is 2.37. The van der Waals surface area contributed by atoms with E-state index >= 15 is 0 Å². The van der Waals surface area contributed by atoms with Gasteiger partial charge in [-0.3, -0.25) is 14.5 Å². The number of carbonyl (C=O) groups is 2. The molecule has 0 radical (unpaired) electrons. The van der Waals surface area contributed by atoms with Crippen molar-refractivity contribution in [1.29, 1.82) is 0 Å². The van der Waals surface area contributed by atoms with Gasteiger partial charge in [-0.05, 0) is 58.9 Å². The molecule has 1 aliphatic heterocycles. The van der Waals surface area contributed by atoms with Gasteiger partial charge in [0.15, 0.2) is 0 Å². The maximum absolute atomic E-state index is 12.7. The molecule has 1 saturated heterocycles. The lowest BCUT2D eigenvalue weighted by Crippen LogP contribution is -2.32. The van der Waals surface area contributed by atoms with E-state index in [2.05, 4.69) is 15.9 Å². The van der Waals surface area contributed by atoms with Gasteiger partial charge in [-0.25, -0.2) is 0 Å². The minimum absolute atomic E-state index is 0.180. The first-order chi connectivity index (χ1) is 13.9. The summed E-state index contributed by atoms with van der Waals surface area (Å²) in [6.45, 7) is 2.40. The third-order valence-electron chi connectivity index (χ3n) is 4.27. The van der Waals surface area contributed by atoms with Crippen molar-refractivity contribution in [3.05, 3.63) is 56.9 Å². The second-order valence-corrected chi connectivity index (χ2v) is 8.07. The molecule has 0 atom stereocenters. The smallest absolute Gasteiger partial charge is 0.293 e. The van der Waals surface area contributed by atoms with Gasteiger partial charge in [-0.15, -0.1) is 0 Å². The standard InChI is InChI=1S/C21H20BrNO5S/c1-13-4-6-15(7-5-13)28-9-8-23-20(24)19(29-21(23)25)11-14-10-16(22)18(27-3)12-17(14)26-2/h4-7,10-12H,8-9H2,1-3H3/b19-11-. The second kappa shape index (κ2) is 9.37. The number of hydrogen-bond donors (Lipinski definition) is 0. The van der Waals surface area contributed by atoms with Gasteiger partial charge in [0.05, 0.1) is 30.1 Å². The number of ether oxygens (including phenoxy) is 3. The maximum Gasteiger partial charge on any atom is 0.293 e. The number of halogens is 1. The summed E-state index contributed by atoms with van der Waals surface area (Å²) in [4.78, 5) is 26.5. The molecular weight excluding hydrogens is 458 g/mol. The predicted molar refractivity (Wildman–Crippen MR) is 117 cm³/mol. The van der Waals surface area contributed by atoms with Crippen molar-refractivity contribution in [2.75, 3.05) is 27.4 Å². The summed E-state index contributed by atoms with van der Waals surface area (Å²) in [7, 11) is 3.09. The summed E-state index contributed by atoms with van der Waals surface area (Å²) in [6, 6.07) is 11.1. The highest BCUT2D eigenvalue weighted by atomic mass is 79.9. The molecule has 0 aliphatic carbocycles. The van der Waals surface area contributed by atoms with Crippen molar-refractivity contribution in [2.24, 2.45) is 0 Å². The summed E-state index contributed by atoms with van der Waals surface area (Å²) >= 11 is 4.32. The summed E-state index contributed by atoms with van der Waals surface area (Å²) in [5.41, 5.74) is 1.80. The van der Waals surface area contributed by atoms with E-state index < -0.39 is 0 Å². The number of benzene rings is 2. The minimum Gasteiger partial charge on any atom is -0.496 e. The molecule has 2 aromatic rings. The van der Waals surface area contributed by atoms with Crippen LogP contribution in [0.3, 0.4) is 0 Å². The Hall–Kier alpha value is -2.45. The first-order valence-corrected chi connectivity index (χ1v) is 10.4. The van der Waals surface area contributed by atoms with Gasteiger partial charge >= 0.3 is 0 Å². The molecule has 6 nitrogen and oxygen atoms in total. The number of rotatable bonds is 7. The molecule has 0 aromatic heterocycles. The lowest BCUT2D eigenvalue weighted by Gasteiger charge is -2.13. The van der Waals surface area contributed by atoms with E-state index in [1.54, 1.807) is 25.3 Å². The van der Waals surface area contributed by atoms with Crippen molar-refractivity contribution < 1.29 is 23.8 Å². The van der Waals surface area contributed by atoms with Crippen LogP contribution in [-0.2, 0) is 4.79 Å². The van der Waals surface area contributed by atoms with Crippen LogP contribution in [0.5, 0.6) is 17.2 Å². The Morgan fingerprint density at radius 3 is 2.41 bits per heavy atom. The molecule has 0 unspecified atom stereocenters. The van der Waals surface area contributed by atoms with Crippen LogP contribution in [0.15, 0.2) is 45.8 Å². The first kappa shape index (κ1) is 21.3. The van der Waals surface area contributed by atoms with E-state index in [9.17, 15) is 9.59 Å². The molecule has 2 aromatic carbocycles. The lowest BCUT2D eigenvalue weighted by molar-refractivity contribution is -0.123. The summed E-state index contributed by atoms with van der Waals surface area (Å²) in [6.07, 6.45) is 1.65. The van der Waals surface area contributed by atoms with E-state index in [0.717, 1.165) is 21.8 Å². The highest BCUT2D eigenvalue weighted by molar-refractivity contribution is 9.10. The molecule has 3 rings (SSSR count). The van der Waals surface area contributed by atoms with Crippen LogP contribution < -0.4 is 14.2 Å². The number of aryl methyl sites for hydroxylation is 1. The Labute approximate surface area is 181 Å². The Bertz CT molecular complexity index is 958. The van der Waals surface area contributed by atoms with Crippen LogP contribution in [0.1, 0.15) is 11.1 Å². The van der Waals surface area contributed by atoms with Crippen LogP contribution in [0.25, 0.3) is 6.08 Å². The summed E-state index contributed by atoms with van der Waals surface area (Å²) in [5, 5.41) is -0.319. The van der Waals surface area contributed by atoms with Crippen LogP contribution in [0.2, 0.25) is 0 Å². The zero-order chi connectivity index (χ0) is 21.0. The Balaban J connectivity index is 1.71. The monoisotopic (exact) mass is 477 g/mol. The molecule has 0 spiro atoms. The van der Waals surface area contributed by atoms with Crippen LogP contribution in [0, 0.1) is 6.92 Å². The molecular formula is C21H20BrNO5S. The van der Waals surface area contributed by atoms with E-state index in [4.69, 9.17) is 14.2 Å². The minimum atomic E-state index is -0.346. The van der Waals surface area contributed by atoms with E-state index in [1.807, 2.05) is 31.2 Å². The number of nitrogens with zero attached hydrogens (tertiary/aromatic N) is 1. The third kappa shape index (κ3) is 4.94. The third-order valence-corrected chi connectivity index (χ3v) is 5.80. The van der Waals surface area contributed by atoms with Crippen molar-refractivity contribution in [3.63, 3.8) is 0 Å². The SMILES string of the molecule is COc1cc(OC)c(/C=C2\SC(=O)N(CCOc3ccc(C)cc3)C2=O)cc1Br. The number of amides is 2. The van der Waals surface area contributed by atoms with Gasteiger partial charge in [0.1, 0.15) is 23.9 Å². The molecule has 8 heteroatoms. The van der Waals surface area contributed by atoms with Crippen molar-refractivity contribution in [2.45, 2.75) is 6.92 Å². The molecule has 29 heavy (non-hydrogen) atoms. The zero-order valence-corrected chi connectivity index (χ0v) is 18.6. The number of carbonyl (C=O) groups excluding carboxylic acids is 2. The zero-order valence-electron chi connectivity index (χ0n) is 16.2. The van der Waals surface area contributed by atoms with Gasteiger partial charge in [0.2, 0.25) is 0 Å². The van der Waals surface area contributed by atoms with Crippen molar-refractivity contribution in [3.8, 4) is 17.2 Å². The lowest BCUT2D eigenvalue weighted by atomic mass is 10.1. The van der Waals surface area contributed by atoms with E-state index in [1.165, 1.54) is 12.0 Å². The van der Waals surface area contributed by atoms with Gasteiger partial charge in [0.25, 0.3) is 11.1 Å². The van der Waals surface area contributed by atoms with Crippen molar-refractivity contribution in [1.82, 2.24) is 4.90 Å². The van der Waals surface area contributed by atoms with E-state index in [-0.39, 0.29) is 24.3 Å². The molecule has 1 aliphatic rings. The van der Waals surface area contributed by atoms with Gasteiger partial charge in [-0.2, -0.15) is 0 Å². The highest BCUT2D eigenvalue weighted by Gasteiger charge is 2.35. The van der Waals surface area contributed by atoms with Crippen LogP contribution >= 0.6 is 27.7 Å². The van der Waals surface area contributed by atoms with Crippen LogP contribution in [0.4, 0.5) is 4.79 Å². The molecule has 152 valence electrons. The average Bonchev–Trinajstić information content (AvgIpc) is 2.97. The van der Waals surface area contributed by atoms with Gasteiger partial charge in [-0.1, -0.05) is 17.7 Å². The first-order valence-electron chi connectivity index (χ1n) is 8.79. The molecule has 2 amide bonds. The molecule has 0 bridgehead atoms. The predicted octanol–water partition coefficient (Wildman–Crippen LogP) is 4.89. The molecule has 0 saturated carbocycles. The molecule has 1 fully saturated rings. The number of methoxy groups -OCH3 is 2. The Kier molecular flexibility index (Phi) is 6.87. The quantitative estimate of drug-likeness (QED) is 0.528. The average molecular weight is 478 g/mol. The summed E-state index contributed by atoms with van der Waals surface area (Å²) < 4.78 is 17.0.